The molecule has 32 heavy (non-hydrogen) atoms. The van der Waals surface area contributed by atoms with E-state index in [-0.39, 0.29) is 5.75 Å². The number of hydrogen-bond donors (Lipinski definition) is 1. The molecular formula is C29H30O3. The first-order chi connectivity index (χ1) is 15.6. The van der Waals surface area contributed by atoms with Crippen molar-refractivity contribution in [3.63, 3.8) is 0 Å². The molecule has 1 N–H and O–H groups in total. The Hall–Kier alpha value is -3.72. The van der Waals surface area contributed by atoms with E-state index in [1.54, 1.807) is 14.2 Å². The first-order valence-corrected chi connectivity index (χ1v) is 10.6. The van der Waals surface area contributed by atoms with Crippen molar-refractivity contribution >= 4 is 0 Å². The Kier molecular flexibility index (Phi) is 7.56. The lowest BCUT2D eigenvalue weighted by Gasteiger charge is -2.18. The van der Waals surface area contributed by atoms with Crippen molar-refractivity contribution in [1.29, 1.82) is 0 Å². The molecule has 164 valence electrons. The van der Waals surface area contributed by atoms with Gasteiger partial charge in [-0.3, -0.25) is 0 Å². The minimum atomic E-state index is 0.181. The molecule has 0 unspecified atom stereocenters. The van der Waals surface area contributed by atoms with Gasteiger partial charge in [0.25, 0.3) is 0 Å². The van der Waals surface area contributed by atoms with Gasteiger partial charge in [-0.05, 0) is 72.4 Å². The van der Waals surface area contributed by atoms with E-state index in [9.17, 15) is 5.11 Å². The maximum Gasteiger partial charge on any atom is 0.131 e. The summed E-state index contributed by atoms with van der Waals surface area (Å²) in [5, 5.41) is 11.5. The van der Waals surface area contributed by atoms with Crippen LogP contribution in [-0.4, -0.2) is 19.3 Å². The zero-order chi connectivity index (χ0) is 23.1. The number of benzene rings is 3. The van der Waals surface area contributed by atoms with Crippen molar-refractivity contribution in [3.05, 3.63) is 103 Å². The van der Waals surface area contributed by atoms with E-state index in [1.807, 2.05) is 66.8 Å². The van der Waals surface area contributed by atoms with Crippen LogP contribution >= 0.6 is 0 Å². The smallest absolute Gasteiger partial charge is 0.131 e. The van der Waals surface area contributed by atoms with Crippen LogP contribution in [0.15, 0.2) is 86.5 Å². The second-order valence-corrected chi connectivity index (χ2v) is 7.59. The minimum Gasteiger partial charge on any atom is -0.507 e. The second-order valence-electron chi connectivity index (χ2n) is 7.59. The quantitative estimate of drug-likeness (QED) is 0.357. The monoisotopic (exact) mass is 426 g/mol. The molecule has 0 bridgehead atoms. The highest BCUT2D eigenvalue weighted by molar-refractivity contribution is 5.87. The van der Waals surface area contributed by atoms with Gasteiger partial charge in [0.05, 0.1) is 14.2 Å². The first-order valence-electron chi connectivity index (χ1n) is 10.6. The normalized spacial score (nSPS) is 10.4. The molecule has 0 heterocycles. The van der Waals surface area contributed by atoms with E-state index >= 15 is 0 Å². The van der Waals surface area contributed by atoms with Crippen LogP contribution in [0.25, 0.3) is 22.3 Å². The lowest BCUT2D eigenvalue weighted by molar-refractivity contribution is 0.415. The van der Waals surface area contributed by atoms with Gasteiger partial charge < -0.3 is 14.6 Å². The lowest BCUT2D eigenvalue weighted by atomic mass is 9.91. The molecular weight excluding hydrogens is 396 g/mol. The highest BCUT2D eigenvalue weighted by Crippen LogP contribution is 2.45. The van der Waals surface area contributed by atoms with Crippen molar-refractivity contribution in [1.82, 2.24) is 0 Å². The molecule has 0 aliphatic heterocycles. The van der Waals surface area contributed by atoms with Crippen LogP contribution in [0.2, 0.25) is 0 Å². The summed E-state index contributed by atoms with van der Waals surface area (Å²) in [6.45, 7) is 11.6. The molecule has 0 saturated carbocycles. The largest absolute Gasteiger partial charge is 0.507 e. The summed E-state index contributed by atoms with van der Waals surface area (Å²) in [5.74, 6) is 1.57. The van der Waals surface area contributed by atoms with Gasteiger partial charge in [-0.15, -0.1) is 19.7 Å². The summed E-state index contributed by atoms with van der Waals surface area (Å²) in [5.41, 5.74) is 6.30. The summed E-state index contributed by atoms with van der Waals surface area (Å²) in [4.78, 5) is 0. The summed E-state index contributed by atoms with van der Waals surface area (Å²) in [6.07, 6.45) is 7.71. The number of hydrogen-bond acceptors (Lipinski definition) is 3. The molecule has 3 rings (SSSR count). The Labute approximate surface area is 191 Å². The Bertz CT molecular complexity index is 1060. The maximum atomic E-state index is 11.5. The van der Waals surface area contributed by atoms with Crippen molar-refractivity contribution in [2.45, 2.75) is 19.3 Å². The molecule has 0 aliphatic rings. The van der Waals surface area contributed by atoms with Gasteiger partial charge in [-0.1, -0.05) is 30.4 Å². The number of allylic oxidation sites excluding steroid dienone is 3. The highest BCUT2D eigenvalue weighted by Gasteiger charge is 2.19. The van der Waals surface area contributed by atoms with Crippen molar-refractivity contribution in [2.75, 3.05) is 14.2 Å². The number of rotatable bonds is 10. The molecule has 0 saturated heterocycles. The number of ether oxygens (including phenoxy) is 2. The summed E-state index contributed by atoms with van der Waals surface area (Å²) < 4.78 is 11.3. The molecule has 0 spiro atoms. The molecule has 0 atom stereocenters. The third kappa shape index (κ3) is 4.78. The van der Waals surface area contributed by atoms with Gasteiger partial charge in [-0.25, -0.2) is 0 Å². The van der Waals surface area contributed by atoms with Crippen LogP contribution in [0.1, 0.15) is 16.7 Å². The second kappa shape index (κ2) is 10.5. The number of phenolic OH excluding ortho intramolecular Hbond substituents is 1. The molecule has 0 radical (unpaired) electrons. The van der Waals surface area contributed by atoms with E-state index in [0.717, 1.165) is 40.7 Å². The van der Waals surface area contributed by atoms with Gasteiger partial charge in [0.2, 0.25) is 0 Å². The van der Waals surface area contributed by atoms with E-state index in [0.29, 0.717) is 29.0 Å². The molecule has 3 aromatic carbocycles. The summed E-state index contributed by atoms with van der Waals surface area (Å²) >= 11 is 0. The van der Waals surface area contributed by atoms with E-state index in [1.165, 1.54) is 0 Å². The van der Waals surface area contributed by atoms with E-state index in [4.69, 9.17) is 9.47 Å². The number of aromatic hydroxyl groups is 1. The Morgan fingerprint density at radius 2 is 1.00 bits per heavy atom. The van der Waals surface area contributed by atoms with Crippen LogP contribution in [0.4, 0.5) is 0 Å². The van der Waals surface area contributed by atoms with Crippen LogP contribution < -0.4 is 9.47 Å². The predicted molar refractivity (Wildman–Crippen MR) is 134 cm³/mol. The van der Waals surface area contributed by atoms with Crippen LogP contribution in [0.3, 0.4) is 0 Å². The first kappa shape index (κ1) is 23.0. The SMILES string of the molecule is C=CCc1ccc(OC)c(-c2cc(CC=C)cc(-c3cc(CC=C)ccc3OC)c2O)c1. The number of phenols is 1. The summed E-state index contributed by atoms with van der Waals surface area (Å²) in [6, 6.07) is 16.0. The zero-order valence-corrected chi connectivity index (χ0v) is 18.9. The molecule has 0 aromatic heterocycles. The van der Waals surface area contributed by atoms with Crippen LogP contribution in [0.5, 0.6) is 17.2 Å². The average molecular weight is 427 g/mol. The molecule has 3 aromatic rings. The fourth-order valence-electron chi connectivity index (χ4n) is 3.91. The van der Waals surface area contributed by atoms with Gasteiger partial charge in [-0.2, -0.15) is 0 Å². The van der Waals surface area contributed by atoms with Crippen molar-refractivity contribution in [3.8, 4) is 39.5 Å². The van der Waals surface area contributed by atoms with Crippen LogP contribution in [0, 0.1) is 0 Å². The highest BCUT2D eigenvalue weighted by atomic mass is 16.5. The fraction of sp³-hybridized carbons (Fsp3) is 0.172. The topological polar surface area (TPSA) is 38.7 Å². The molecule has 0 amide bonds. The molecule has 0 fully saturated rings. The lowest BCUT2D eigenvalue weighted by Crippen LogP contribution is -1.96. The Morgan fingerprint density at radius 3 is 1.38 bits per heavy atom. The minimum absolute atomic E-state index is 0.181. The van der Waals surface area contributed by atoms with Crippen LogP contribution in [-0.2, 0) is 19.3 Å². The third-order valence-electron chi connectivity index (χ3n) is 5.42. The van der Waals surface area contributed by atoms with Crippen molar-refractivity contribution in [2.24, 2.45) is 0 Å². The standard InChI is InChI=1S/C29H30O3/c1-6-9-20-12-14-27(31-4)23(16-20)25-18-22(11-8-3)19-26(29(25)30)24-17-21(10-7-2)13-15-28(24)32-5/h6-8,12-19,30H,1-3,9-11H2,4-5H3. The van der Waals surface area contributed by atoms with Gasteiger partial charge in [0, 0.05) is 22.3 Å². The van der Waals surface area contributed by atoms with Crippen molar-refractivity contribution < 1.29 is 14.6 Å². The summed E-state index contributed by atoms with van der Waals surface area (Å²) in [7, 11) is 3.28. The number of methoxy groups -OCH3 is 2. The van der Waals surface area contributed by atoms with E-state index in [2.05, 4.69) is 19.7 Å². The Morgan fingerprint density at radius 1 is 0.625 bits per heavy atom. The van der Waals surface area contributed by atoms with Gasteiger partial charge in [0.1, 0.15) is 17.2 Å². The van der Waals surface area contributed by atoms with Gasteiger partial charge >= 0.3 is 0 Å². The Balaban J connectivity index is 2.32. The predicted octanol–water partition coefficient (Wildman–Crippen LogP) is 6.93. The van der Waals surface area contributed by atoms with E-state index < -0.39 is 0 Å². The average Bonchev–Trinajstić information content (AvgIpc) is 2.80. The third-order valence-corrected chi connectivity index (χ3v) is 5.42. The molecule has 3 heteroatoms. The fourth-order valence-corrected chi connectivity index (χ4v) is 3.91. The molecule has 0 aliphatic carbocycles. The zero-order valence-electron chi connectivity index (χ0n) is 18.9. The maximum absolute atomic E-state index is 11.5. The van der Waals surface area contributed by atoms with Gasteiger partial charge in [0.15, 0.2) is 0 Å². The molecule has 3 nitrogen and oxygen atoms in total.